The van der Waals surface area contributed by atoms with Crippen molar-refractivity contribution in [2.45, 2.75) is 40.4 Å². The molecule has 20 heavy (non-hydrogen) atoms. The molecule has 1 rings (SSSR count). The molecule has 0 aliphatic carbocycles. The number of hydrogen-bond acceptors (Lipinski definition) is 5. The van der Waals surface area contributed by atoms with Gasteiger partial charge in [0.15, 0.2) is 11.6 Å². The lowest BCUT2D eigenvalue weighted by atomic mass is 10.0. The Morgan fingerprint density at radius 2 is 1.75 bits per heavy atom. The van der Waals surface area contributed by atoms with E-state index in [1.54, 1.807) is 39.4 Å². The van der Waals surface area contributed by atoms with Gasteiger partial charge in [0, 0.05) is 26.0 Å². The molecule has 0 unspecified atom stereocenters. The topological polar surface area (TPSA) is 70.4 Å². The van der Waals surface area contributed by atoms with Crippen molar-refractivity contribution in [1.82, 2.24) is 9.78 Å². The van der Waals surface area contributed by atoms with Crippen LogP contribution in [0.1, 0.15) is 42.0 Å². The second kappa shape index (κ2) is 7.31. The third-order valence-corrected chi connectivity index (χ3v) is 3.02. The van der Waals surface area contributed by atoms with E-state index >= 15 is 0 Å². The molecule has 1 aromatic rings. The van der Waals surface area contributed by atoms with Gasteiger partial charge in [0.25, 0.3) is 0 Å². The fraction of sp³-hybridized carbons (Fsp3) is 0.643. The molecular formula is C14H22N2O4. The molecule has 0 N–H and O–H groups in total. The number of ether oxygens (including phenoxy) is 2. The Morgan fingerprint density at radius 3 is 2.15 bits per heavy atom. The van der Waals surface area contributed by atoms with Crippen LogP contribution >= 0.6 is 0 Å². The van der Waals surface area contributed by atoms with E-state index in [1.807, 2.05) is 0 Å². The van der Waals surface area contributed by atoms with E-state index in [9.17, 15) is 9.59 Å². The molecule has 0 bridgehead atoms. The van der Waals surface area contributed by atoms with E-state index in [2.05, 4.69) is 5.10 Å². The lowest BCUT2D eigenvalue weighted by molar-refractivity contribution is -0.166. The second-order valence-electron chi connectivity index (χ2n) is 4.48. The zero-order chi connectivity index (χ0) is 15.3. The molecule has 0 fully saturated rings. The fourth-order valence-electron chi connectivity index (χ4n) is 2.04. The Labute approximate surface area is 119 Å². The first-order chi connectivity index (χ1) is 9.42. The van der Waals surface area contributed by atoms with Crippen LogP contribution < -0.4 is 0 Å². The van der Waals surface area contributed by atoms with Crippen molar-refractivity contribution in [3.8, 4) is 0 Å². The molecule has 0 atom stereocenters. The van der Waals surface area contributed by atoms with E-state index in [1.165, 1.54) is 0 Å². The molecule has 1 aromatic heterocycles. The summed E-state index contributed by atoms with van der Waals surface area (Å²) in [7, 11) is 1.77. The number of ketones is 2. The van der Waals surface area contributed by atoms with Gasteiger partial charge in [-0.2, -0.15) is 5.10 Å². The van der Waals surface area contributed by atoms with E-state index < -0.39 is 6.29 Å². The summed E-state index contributed by atoms with van der Waals surface area (Å²) in [6.07, 6.45) is -1.20. The lowest BCUT2D eigenvalue weighted by Crippen LogP contribution is -2.29. The van der Waals surface area contributed by atoms with Gasteiger partial charge in [0.1, 0.15) is 0 Å². The third kappa shape index (κ3) is 3.74. The molecule has 0 spiro atoms. The van der Waals surface area contributed by atoms with Crippen molar-refractivity contribution in [3.63, 3.8) is 0 Å². The normalized spacial score (nSPS) is 11.1. The molecule has 0 radical (unpaired) electrons. The molecule has 0 saturated heterocycles. The van der Waals surface area contributed by atoms with Crippen molar-refractivity contribution < 1.29 is 19.1 Å². The maximum absolute atomic E-state index is 12.2. The van der Waals surface area contributed by atoms with Crippen LogP contribution in [-0.4, -0.2) is 40.9 Å². The number of nitrogens with zero attached hydrogens (tertiary/aromatic N) is 2. The fourth-order valence-corrected chi connectivity index (χ4v) is 2.04. The van der Waals surface area contributed by atoms with E-state index in [0.29, 0.717) is 24.5 Å². The molecule has 0 aliphatic heterocycles. The van der Waals surface area contributed by atoms with Crippen molar-refractivity contribution in [2.24, 2.45) is 7.05 Å². The van der Waals surface area contributed by atoms with Gasteiger partial charge in [-0.25, -0.2) is 0 Å². The molecule has 0 aromatic carbocycles. The Balaban J connectivity index is 2.81. The van der Waals surface area contributed by atoms with E-state index in [-0.39, 0.29) is 18.0 Å². The first-order valence-electron chi connectivity index (χ1n) is 6.71. The van der Waals surface area contributed by atoms with Gasteiger partial charge >= 0.3 is 0 Å². The van der Waals surface area contributed by atoms with Gasteiger partial charge in [-0.1, -0.05) is 0 Å². The average molecular weight is 282 g/mol. The molecule has 0 aliphatic rings. The number of Topliss-reactive ketones (excluding diaryl/α,β-unsaturated/α-hetero) is 2. The maximum Gasteiger partial charge on any atom is 0.218 e. The van der Waals surface area contributed by atoms with Gasteiger partial charge in [0.2, 0.25) is 6.29 Å². The summed E-state index contributed by atoms with van der Waals surface area (Å²) in [5.41, 5.74) is 1.89. The Bertz CT molecular complexity index is 488. The van der Waals surface area contributed by atoms with Crippen molar-refractivity contribution in [1.29, 1.82) is 0 Å². The smallest absolute Gasteiger partial charge is 0.218 e. The molecule has 0 saturated carbocycles. The highest BCUT2D eigenvalue weighted by Crippen LogP contribution is 2.15. The number of aryl methyl sites for hydroxylation is 2. The minimum absolute atomic E-state index is 0.238. The minimum Gasteiger partial charge on any atom is -0.346 e. The summed E-state index contributed by atoms with van der Waals surface area (Å²) in [6, 6.07) is 0. The molecule has 112 valence electrons. The van der Waals surface area contributed by atoms with Crippen LogP contribution in [0.25, 0.3) is 0 Å². The number of hydrogen-bond donors (Lipinski definition) is 0. The van der Waals surface area contributed by atoms with Gasteiger partial charge in [0.05, 0.1) is 17.7 Å². The summed E-state index contributed by atoms with van der Waals surface area (Å²) in [5.74, 6) is -0.608. The van der Waals surface area contributed by atoms with Crippen molar-refractivity contribution >= 4 is 11.6 Å². The quantitative estimate of drug-likeness (QED) is 0.411. The van der Waals surface area contributed by atoms with Crippen molar-refractivity contribution in [2.75, 3.05) is 13.2 Å². The summed E-state index contributed by atoms with van der Waals surface area (Å²) in [6.45, 7) is 7.83. The highest BCUT2D eigenvalue weighted by Gasteiger charge is 2.25. The largest absolute Gasteiger partial charge is 0.346 e. The van der Waals surface area contributed by atoms with Gasteiger partial charge in [-0.05, 0) is 27.7 Å². The lowest BCUT2D eigenvalue weighted by Gasteiger charge is -2.15. The summed E-state index contributed by atoms with van der Waals surface area (Å²) in [4.78, 5) is 24.3. The highest BCUT2D eigenvalue weighted by atomic mass is 16.7. The summed E-state index contributed by atoms with van der Waals surface area (Å²) < 4.78 is 12.0. The zero-order valence-electron chi connectivity index (χ0n) is 12.7. The Hall–Kier alpha value is -1.53. The van der Waals surface area contributed by atoms with Crippen LogP contribution in [-0.2, 0) is 21.3 Å². The average Bonchev–Trinajstić information content (AvgIpc) is 2.62. The van der Waals surface area contributed by atoms with Crippen LogP contribution in [0.3, 0.4) is 0 Å². The van der Waals surface area contributed by atoms with Crippen LogP contribution in [0.15, 0.2) is 0 Å². The predicted octanol–water partition coefficient (Wildman–Crippen LogP) is 1.58. The third-order valence-electron chi connectivity index (χ3n) is 3.02. The first-order valence-corrected chi connectivity index (χ1v) is 6.71. The van der Waals surface area contributed by atoms with Crippen LogP contribution in [0.2, 0.25) is 0 Å². The molecule has 1 heterocycles. The molecule has 6 nitrogen and oxygen atoms in total. The van der Waals surface area contributed by atoms with E-state index in [0.717, 1.165) is 5.69 Å². The first kappa shape index (κ1) is 16.5. The van der Waals surface area contributed by atoms with Crippen LogP contribution in [0.5, 0.6) is 0 Å². The SMILES string of the molecule is CCOC(OCC)C(=O)CC(=O)c1c(C)nn(C)c1C. The number of carbonyl (C=O) groups is 2. The van der Waals surface area contributed by atoms with Crippen molar-refractivity contribution in [3.05, 3.63) is 17.0 Å². The minimum atomic E-state index is -0.966. The van der Waals surface area contributed by atoms with Gasteiger partial charge < -0.3 is 9.47 Å². The van der Waals surface area contributed by atoms with Gasteiger partial charge in [-0.3, -0.25) is 14.3 Å². The van der Waals surface area contributed by atoms with Gasteiger partial charge in [-0.15, -0.1) is 0 Å². The van der Waals surface area contributed by atoms with E-state index in [4.69, 9.17) is 9.47 Å². The van der Waals surface area contributed by atoms with Crippen LogP contribution in [0, 0.1) is 13.8 Å². The van der Waals surface area contributed by atoms with Crippen LogP contribution in [0.4, 0.5) is 0 Å². The Morgan fingerprint density at radius 1 is 1.20 bits per heavy atom. The maximum atomic E-state index is 12.2. The zero-order valence-corrected chi connectivity index (χ0v) is 12.7. The predicted molar refractivity (Wildman–Crippen MR) is 73.7 cm³/mol. The molecule has 6 heteroatoms. The molecular weight excluding hydrogens is 260 g/mol. The summed E-state index contributed by atoms with van der Waals surface area (Å²) >= 11 is 0. The second-order valence-corrected chi connectivity index (χ2v) is 4.48. The number of rotatable bonds is 8. The monoisotopic (exact) mass is 282 g/mol. The standard InChI is InChI=1S/C14H22N2O4/c1-6-19-14(20-7-2)12(18)8-11(17)13-9(3)15-16(5)10(13)4/h14H,6-8H2,1-5H3. The molecule has 0 amide bonds. The number of carbonyl (C=O) groups excluding carboxylic acids is 2. The highest BCUT2D eigenvalue weighted by molar-refractivity contribution is 6.09. The number of aromatic nitrogens is 2. The summed E-state index contributed by atoms with van der Waals surface area (Å²) in [5, 5.41) is 4.18. The Kier molecular flexibility index (Phi) is 6.04.